The highest BCUT2D eigenvalue weighted by Gasteiger charge is 2.31. The quantitative estimate of drug-likeness (QED) is 0.847. The highest BCUT2D eigenvalue weighted by Crippen LogP contribution is 2.19. The van der Waals surface area contributed by atoms with Crippen LogP contribution in [0.1, 0.15) is 23.2 Å². The van der Waals surface area contributed by atoms with Crippen LogP contribution in [-0.2, 0) is 4.74 Å². The number of ether oxygens (including phenoxy) is 1. The fourth-order valence-electron chi connectivity index (χ4n) is 2.59. The Labute approximate surface area is 119 Å². The van der Waals surface area contributed by atoms with Gasteiger partial charge in [0, 0.05) is 31.4 Å². The van der Waals surface area contributed by atoms with Crippen molar-refractivity contribution in [3.8, 4) is 0 Å². The second-order valence-electron chi connectivity index (χ2n) is 4.78. The van der Waals surface area contributed by atoms with Gasteiger partial charge in [0.1, 0.15) is 5.56 Å². The summed E-state index contributed by atoms with van der Waals surface area (Å²) in [4.78, 5) is 31.3. The molecular formula is C13H15N3O3S. The van der Waals surface area contributed by atoms with Crippen LogP contribution in [-0.4, -0.2) is 46.5 Å². The van der Waals surface area contributed by atoms with Crippen LogP contribution in [0.3, 0.4) is 0 Å². The van der Waals surface area contributed by atoms with Crippen molar-refractivity contribution in [2.24, 2.45) is 0 Å². The van der Waals surface area contributed by atoms with E-state index >= 15 is 0 Å². The molecular weight excluding hydrogens is 278 g/mol. The highest BCUT2D eigenvalue weighted by atomic mass is 32.1. The average molecular weight is 293 g/mol. The van der Waals surface area contributed by atoms with Gasteiger partial charge in [0.15, 0.2) is 4.96 Å². The van der Waals surface area contributed by atoms with Gasteiger partial charge in [-0.3, -0.25) is 14.0 Å². The number of thiazole rings is 1. The number of amides is 1. The minimum atomic E-state index is -0.302. The molecule has 20 heavy (non-hydrogen) atoms. The molecule has 1 atom stereocenters. The Morgan fingerprint density at radius 1 is 1.60 bits per heavy atom. The Hall–Kier alpha value is -1.73. The molecule has 1 fully saturated rings. The summed E-state index contributed by atoms with van der Waals surface area (Å²) in [6, 6.07) is 0.0510. The first-order valence-electron chi connectivity index (χ1n) is 6.47. The van der Waals surface area contributed by atoms with Crippen LogP contribution in [0, 0.1) is 0 Å². The molecule has 3 rings (SSSR count). The molecule has 106 valence electrons. The lowest BCUT2D eigenvalue weighted by molar-refractivity contribution is 0.0628. The minimum Gasteiger partial charge on any atom is -0.383 e. The van der Waals surface area contributed by atoms with Crippen molar-refractivity contribution in [3.05, 3.63) is 33.7 Å². The Balaban J connectivity index is 1.96. The van der Waals surface area contributed by atoms with Crippen LogP contribution in [0.25, 0.3) is 4.96 Å². The van der Waals surface area contributed by atoms with Gasteiger partial charge in [-0.05, 0) is 12.8 Å². The van der Waals surface area contributed by atoms with Crippen molar-refractivity contribution in [2.75, 3.05) is 20.3 Å². The predicted molar refractivity (Wildman–Crippen MR) is 75.3 cm³/mol. The first-order chi connectivity index (χ1) is 9.72. The van der Waals surface area contributed by atoms with Crippen LogP contribution >= 0.6 is 11.3 Å². The van der Waals surface area contributed by atoms with E-state index in [2.05, 4.69) is 4.98 Å². The molecule has 1 aliphatic rings. The Bertz CT molecular complexity index is 693. The molecule has 0 aliphatic carbocycles. The van der Waals surface area contributed by atoms with Crippen molar-refractivity contribution in [1.29, 1.82) is 0 Å². The number of aromatic nitrogens is 2. The molecule has 0 aromatic carbocycles. The van der Waals surface area contributed by atoms with E-state index in [1.54, 1.807) is 23.6 Å². The second-order valence-corrected chi connectivity index (χ2v) is 5.66. The summed E-state index contributed by atoms with van der Waals surface area (Å²) in [7, 11) is 1.62. The maximum Gasteiger partial charge on any atom is 0.271 e. The van der Waals surface area contributed by atoms with Crippen molar-refractivity contribution >= 4 is 22.2 Å². The van der Waals surface area contributed by atoms with Crippen molar-refractivity contribution in [1.82, 2.24) is 14.3 Å². The van der Waals surface area contributed by atoms with E-state index in [-0.39, 0.29) is 23.1 Å². The predicted octanol–water partition coefficient (Wildman–Crippen LogP) is 1.01. The van der Waals surface area contributed by atoms with Gasteiger partial charge in [-0.25, -0.2) is 4.98 Å². The average Bonchev–Trinajstić information content (AvgIpc) is 3.07. The first-order valence-corrected chi connectivity index (χ1v) is 7.35. The number of carbonyl (C=O) groups excluding carboxylic acids is 1. The van der Waals surface area contributed by atoms with Crippen LogP contribution < -0.4 is 5.56 Å². The van der Waals surface area contributed by atoms with E-state index < -0.39 is 0 Å². The smallest absolute Gasteiger partial charge is 0.271 e. The molecule has 1 saturated heterocycles. The standard InChI is InChI=1S/C13H15N3O3S/c1-19-8-9-3-2-4-15(9)11(17)10-7-14-13-16(12(10)18)5-6-20-13/h5-7,9H,2-4,8H2,1H3. The van der Waals surface area contributed by atoms with Gasteiger partial charge >= 0.3 is 0 Å². The molecule has 2 aromatic heterocycles. The summed E-state index contributed by atoms with van der Waals surface area (Å²) in [5, 5.41) is 1.78. The molecule has 0 spiro atoms. The molecule has 2 aromatic rings. The molecule has 0 radical (unpaired) electrons. The van der Waals surface area contributed by atoms with E-state index in [4.69, 9.17) is 4.74 Å². The maximum absolute atomic E-state index is 12.5. The Morgan fingerprint density at radius 2 is 2.45 bits per heavy atom. The summed E-state index contributed by atoms with van der Waals surface area (Å²) in [5.41, 5.74) is -0.173. The Kier molecular flexibility index (Phi) is 3.54. The summed E-state index contributed by atoms with van der Waals surface area (Å²) >= 11 is 1.37. The SMILES string of the molecule is COCC1CCCN1C(=O)c1cnc2sccn2c1=O. The largest absolute Gasteiger partial charge is 0.383 e. The van der Waals surface area contributed by atoms with Crippen molar-refractivity contribution in [2.45, 2.75) is 18.9 Å². The summed E-state index contributed by atoms with van der Waals surface area (Å²) in [6.45, 7) is 1.17. The van der Waals surface area contributed by atoms with Crippen molar-refractivity contribution in [3.63, 3.8) is 0 Å². The summed E-state index contributed by atoms with van der Waals surface area (Å²) < 4.78 is 6.55. The monoisotopic (exact) mass is 293 g/mol. The summed E-state index contributed by atoms with van der Waals surface area (Å²) in [6.07, 6.45) is 4.88. The lowest BCUT2D eigenvalue weighted by Crippen LogP contribution is -2.40. The lowest BCUT2D eigenvalue weighted by Gasteiger charge is -2.23. The van der Waals surface area contributed by atoms with Gasteiger partial charge in [-0.2, -0.15) is 0 Å². The number of rotatable bonds is 3. The number of likely N-dealkylation sites (tertiary alicyclic amines) is 1. The van der Waals surface area contributed by atoms with E-state index in [1.165, 1.54) is 21.9 Å². The van der Waals surface area contributed by atoms with Gasteiger partial charge in [0.05, 0.1) is 12.6 Å². The van der Waals surface area contributed by atoms with E-state index in [1.807, 2.05) is 0 Å². The second kappa shape index (κ2) is 5.34. The zero-order chi connectivity index (χ0) is 14.1. The lowest BCUT2D eigenvalue weighted by atomic mass is 10.2. The molecule has 6 nitrogen and oxygen atoms in total. The maximum atomic E-state index is 12.5. The number of fused-ring (bicyclic) bond motifs is 1. The normalized spacial score (nSPS) is 18.9. The third-order valence-corrected chi connectivity index (χ3v) is 4.34. The number of hydrogen-bond donors (Lipinski definition) is 0. The molecule has 3 heterocycles. The fourth-order valence-corrected chi connectivity index (χ4v) is 3.27. The van der Waals surface area contributed by atoms with E-state index in [0.717, 1.165) is 12.8 Å². The first kappa shape index (κ1) is 13.3. The molecule has 1 unspecified atom stereocenters. The van der Waals surface area contributed by atoms with Gasteiger partial charge in [0.25, 0.3) is 11.5 Å². The van der Waals surface area contributed by atoms with Gasteiger partial charge < -0.3 is 9.64 Å². The molecule has 1 aliphatic heterocycles. The van der Waals surface area contributed by atoms with E-state index in [9.17, 15) is 9.59 Å². The zero-order valence-corrected chi connectivity index (χ0v) is 11.9. The fraction of sp³-hybridized carbons (Fsp3) is 0.462. The third kappa shape index (κ3) is 2.12. The number of methoxy groups -OCH3 is 1. The van der Waals surface area contributed by atoms with Crippen molar-refractivity contribution < 1.29 is 9.53 Å². The molecule has 0 N–H and O–H groups in total. The minimum absolute atomic E-state index is 0.0510. The number of nitrogens with zero attached hydrogens (tertiary/aromatic N) is 3. The van der Waals surface area contributed by atoms with Gasteiger partial charge in [-0.15, -0.1) is 11.3 Å². The molecule has 0 saturated carbocycles. The van der Waals surface area contributed by atoms with Crippen LogP contribution in [0.2, 0.25) is 0 Å². The number of carbonyl (C=O) groups is 1. The zero-order valence-electron chi connectivity index (χ0n) is 11.1. The molecule has 7 heteroatoms. The van der Waals surface area contributed by atoms with Gasteiger partial charge in [-0.1, -0.05) is 0 Å². The highest BCUT2D eigenvalue weighted by molar-refractivity contribution is 7.15. The van der Waals surface area contributed by atoms with Crippen LogP contribution in [0.15, 0.2) is 22.6 Å². The third-order valence-electron chi connectivity index (χ3n) is 3.57. The Morgan fingerprint density at radius 3 is 3.25 bits per heavy atom. The van der Waals surface area contributed by atoms with Gasteiger partial charge in [0.2, 0.25) is 0 Å². The van der Waals surface area contributed by atoms with E-state index in [0.29, 0.717) is 18.1 Å². The van der Waals surface area contributed by atoms with Crippen LogP contribution in [0.5, 0.6) is 0 Å². The molecule has 0 bridgehead atoms. The van der Waals surface area contributed by atoms with Crippen LogP contribution in [0.4, 0.5) is 0 Å². The topological polar surface area (TPSA) is 63.9 Å². The molecule has 1 amide bonds. The number of hydrogen-bond acceptors (Lipinski definition) is 5. The summed E-state index contributed by atoms with van der Waals surface area (Å²) in [5.74, 6) is -0.248.